The summed E-state index contributed by atoms with van der Waals surface area (Å²) in [5.41, 5.74) is 3.13. The normalized spacial score (nSPS) is 22.4. The molecule has 10 heteroatoms. The molecule has 10 nitrogen and oxygen atoms in total. The third kappa shape index (κ3) is 4.98. The molecule has 0 aromatic carbocycles. The number of aromatic nitrogens is 2. The topological polar surface area (TPSA) is 129 Å². The molecule has 3 atom stereocenters. The van der Waals surface area contributed by atoms with Crippen LogP contribution in [-0.2, 0) is 28.9 Å². The number of amides is 3. The number of fused-ring (bicyclic) bond motifs is 1. The van der Waals surface area contributed by atoms with Gasteiger partial charge in [-0.15, -0.1) is 0 Å². The second kappa shape index (κ2) is 10.9. The molecule has 3 amide bonds. The number of hydrogen-bond donors (Lipinski definition) is 1. The first-order valence-corrected chi connectivity index (χ1v) is 13.2. The van der Waals surface area contributed by atoms with Crippen molar-refractivity contribution in [1.29, 1.82) is 5.26 Å². The van der Waals surface area contributed by atoms with Crippen LogP contribution in [0.15, 0.2) is 18.3 Å². The van der Waals surface area contributed by atoms with Crippen LogP contribution in [0.1, 0.15) is 65.3 Å². The maximum atomic E-state index is 13.3. The number of urea groups is 1. The maximum absolute atomic E-state index is 13.3. The molecule has 0 bridgehead atoms. The second-order valence-electron chi connectivity index (χ2n) is 10.4. The van der Waals surface area contributed by atoms with Crippen LogP contribution in [-0.4, -0.2) is 59.4 Å². The summed E-state index contributed by atoms with van der Waals surface area (Å²) >= 11 is 0. The fourth-order valence-electron chi connectivity index (χ4n) is 5.62. The lowest BCUT2D eigenvalue weighted by Crippen LogP contribution is -2.40. The number of nitrogens with zero attached hydrogens (tertiary/aromatic N) is 5. The number of methoxy groups -OCH3 is 1. The van der Waals surface area contributed by atoms with Crippen LogP contribution in [0.4, 0.5) is 16.4 Å². The van der Waals surface area contributed by atoms with Crippen LogP contribution < -0.4 is 10.2 Å². The lowest BCUT2D eigenvalue weighted by molar-refractivity contribution is -0.131. The average Bonchev–Trinajstić information content (AvgIpc) is 3.22. The minimum atomic E-state index is -0.395. The lowest BCUT2D eigenvalue weighted by atomic mass is 9.77. The highest BCUT2D eigenvalue weighted by Crippen LogP contribution is 2.34. The zero-order chi connectivity index (χ0) is 26.8. The molecule has 1 saturated carbocycles. The molecule has 198 valence electrons. The van der Waals surface area contributed by atoms with Gasteiger partial charge in [-0.3, -0.25) is 19.8 Å². The number of ether oxygens (including phenoxy) is 1. The Hall–Kier alpha value is -3.84. The van der Waals surface area contributed by atoms with Crippen molar-refractivity contribution in [3.05, 3.63) is 46.3 Å². The highest BCUT2D eigenvalue weighted by Gasteiger charge is 2.32. The summed E-state index contributed by atoms with van der Waals surface area (Å²) in [4.78, 5) is 49.8. The van der Waals surface area contributed by atoms with E-state index in [4.69, 9.17) is 4.74 Å². The standard InChI is InChI=1S/C28H32N6O4/c1-17-7-9-33(27(17)36)15-21-11-19-4-3-8-34(26(19)31-23(21)16-35)28(37)32-25-12-20(22(13-29)14-30-25)10-18-5-6-24(18)38-2/h11-12,14,16-18,24H,3-10,15H2,1-2H3,(H,30,32,37)/t17-,18+,24-/m1/s1. The zero-order valence-corrected chi connectivity index (χ0v) is 21.8. The molecule has 0 radical (unpaired) electrons. The van der Waals surface area contributed by atoms with E-state index in [1.165, 1.54) is 11.1 Å². The number of nitriles is 1. The maximum Gasteiger partial charge on any atom is 0.328 e. The summed E-state index contributed by atoms with van der Waals surface area (Å²) in [5, 5.41) is 12.4. The van der Waals surface area contributed by atoms with Crippen molar-refractivity contribution in [1.82, 2.24) is 14.9 Å². The minimum Gasteiger partial charge on any atom is -0.381 e. The highest BCUT2D eigenvalue weighted by atomic mass is 16.5. The number of aryl methyl sites for hydroxylation is 1. The van der Waals surface area contributed by atoms with Gasteiger partial charge >= 0.3 is 6.03 Å². The molecular formula is C28H32N6O4. The van der Waals surface area contributed by atoms with E-state index < -0.39 is 6.03 Å². The van der Waals surface area contributed by atoms with E-state index in [-0.39, 0.29) is 23.6 Å². The van der Waals surface area contributed by atoms with Gasteiger partial charge in [0, 0.05) is 44.4 Å². The largest absolute Gasteiger partial charge is 0.381 e. The Balaban J connectivity index is 1.35. The Labute approximate surface area is 222 Å². The molecule has 3 aliphatic rings. The highest BCUT2D eigenvalue weighted by molar-refractivity contribution is 6.01. The van der Waals surface area contributed by atoms with Crippen LogP contribution in [0, 0.1) is 23.2 Å². The molecule has 2 aromatic heterocycles. The van der Waals surface area contributed by atoms with Crippen molar-refractivity contribution in [3.63, 3.8) is 0 Å². The van der Waals surface area contributed by atoms with Gasteiger partial charge in [0.05, 0.1) is 11.7 Å². The molecule has 2 aliphatic heterocycles. The number of rotatable bonds is 7. The predicted molar refractivity (Wildman–Crippen MR) is 140 cm³/mol. The summed E-state index contributed by atoms with van der Waals surface area (Å²) < 4.78 is 5.50. The van der Waals surface area contributed by atoms with Crippen molar-refractivity contribution in [3.8, 4) is 6.07 Å². The number of hydrogen-bond acceptors (Lipinski definition) is 7. The zero-order valence-electron chi connectivity index (χ0n) is 21.8. The van der Waals surface area contributed by atoms with Crippen molar-refractivity contribution < 1.29 is 19.1 Å². The lowest BCUT2D eigenvalue weighted by Gasteiger charge is -2.35. The van der Waals surface area contributed by atoms with E-state index in [9.17, 15) is 19.6 Å². The van der Waals surface area contributed by atoms with Gasteiger partial charge in [-0.25, -0.2) is 14.8 Å². The first kappa shape index (κ1) is 25.8. The predicted octanol–water partition coefficient (Wildman–Crippen LogP) is 3.48. The Morgan fingerprint density at radius 1 is 1.26 bits per heavy atom. The van der Waals surface area contributed by atoms with E-state index in [2.05, 4.69) is 21.4 Å². The average molecular weight is 517 g/mol. The van der Waals surface area contributed by atoms with Crippen molar-refractivity contribution >= 4 is 29.9 Å². The first-order valence-electron chi connectivity index (χ1n) is 13.2. The van der Waals surface area contributed by atoms with Crippen LogP contribution >= 0.6 is 0 Å². The van der Waals surface area contributed by atoms with Gasteiger partial charge in [-0.05, 0) is 67.7 Å². The van der Waals surface area contributed by atoms with Crippen molar-refractivity contribution in [2.45, 2.75) is 58.1 Å². The Morgan fingerprint density at radius 3 is 2.76 bits per heavy atom. The third-order valence-corrected chi connectivity index (χ3v) is 8.04. The fourth-order valence-corrected chi connectivity index (χ4v) is 5.62. The Bertz CT molecular complexity index is 1300. The minimum absolute atomic E-state index is 0.00840. The number of carbonyl (C=O) groups excluding carboxylic acids is 3. The number of nitrogens with one attached hydrogen (secondary N) is 1. The summed E-state index contributed by atoms with van der Waals surface area (Å²) in [6.07, 6.45) is 7.37. The SMILES string of the molecule is CO[C@@H]1CC[C@H]1Cc1cc(NC(=O)N2CCCc3cc(CN4CC[C@@H](C)C4=O)c(C=O)nc32)ncc1C#N. The van der Waals surface area contributed by atoms with Crippen LogP contribution in [0.2, 0.25) is 0 Å². The number of pyridine rings is 2. The molecule has 1 N–H and O–H groups in total. The molecule has 1 saturated heterocycles. The van der Waals surface area contributed by atoms with Gasteiger partial charge in [0.1, 0.15) is 23.4 Å². The van der Waals surface area contributed by atoms with Gasteiger partial charge in [0.15, 0.2) is 6.29 Å². The fraction of sp³-hybridized carbons (Fsp3) is 0.500. The molecule has 38 heavy (non-hydrogen) atoms. The molecule has 1 aliphatic carbocycles. The van der Waals surface area contributed by atoms with Crippen LogP contribution in [0.3, 0.4) is 0 Å². The van der Waals surface area contributed by atoms with Gasteiger partial charge < -0.3 is 9.64 Å². The molecular weight excluding hydrogens is 484 g/mol. The molecule has 2 aromatic rings. The third-order valence-electron chi connectivity index (χ3n) is 8.04. The summed E-state index contributed by atoms with van der Waals surface area (Å²) in [5.74, 6) is 1.23. The monoisotopic (exact) mass is 516 g/mol. The summed E-state index contributed by atoms with van der Waals surface area (Å²) in [6.45, 7) is 3.37. The van der Waals surface area contributed by atoms with Crippen molar-refractivity contribution in [2.24, 2.45) is 11.8 Å². The molecule has 5 rings (SSSR count). The van der Waals surface area contributed by atoms with Crippen molar-refractivity contribution in [2.75, 3.05) is 30.4 Å². The van der Waals surface area contributed by atoms with E-state index in [0.717, 1.165) is 43.2 Å². The van der Waals surface area contributed by atoms with E-state index in [1.54, 1.807) is 18.1 Å². The van der Waals surface area contributed by atoms with Crippen LogP contribution in [0.5, 0.6) is 0 Å². The quantitative estimate of drug-likeness (QED) is 0.558. The Kier molecular flexibility index (Phi) is 7.38. The van der Waals surface area contributed by atoms with Gasteiger partial charge in [-0.2, -0.15) is 5.26 Å². The smallest absolute Gasteiger partial charge is 0.328 e. The first-order chi connectivity index (χ1) is 18.4. The number of likely N-dealkylation sites (tertiary alicyclic amines) is 1. The number of carbonyl (C=O) groups is 3. The van der Waals surface area contributed by atoms with Gasteiger partial charge in [0.2, 0.25) is 5.91 Å². The van der Waals surface area contributed by atoms with E-state index in [0.29, 0.717) is 61.0 Å². The molecule has 0 spiro atoms. The molecule has 2 fully saturated rings. The Morgan fingerprint density at radius 2 is 2.11 bits per heavy atom. The van der Waals surface area contributed by atoms with Gasteiger partial charge in [0.25, 0.3) is 0 Å². The second-order valence-corrected chi connectivity index (χ2v) is 10.4. The van der Waals surface area contributed by atoms with E-state index in [1.807, 2.05) is 13.0 Å². The summed E-state index contributed by atoms with van der Waals surface area (Å²) in [7, 11) is 1.70. The summed E-state index contributed by atoms with van der Waals surface area (Å²) in [6, 6.07) is 5.46. The van der Waals surface area contributed by atoms with E-state index >= 15 is 0 Å². The number of anilines is 2. The molecule has 4 heterocycles. The molecule has 0 unspecified atom stereocenters. The van der Waals surface area contributed by atoms with Crippen LogP contribution in [0.25, 0.3) is 0 Å². The van der Waals surface area contributed by atoms with Gasteiger partial charge in [-0.1, -0.05) is 6.92 Å². The number of aldehydes is 1.